The van der Waals surface area contributed by atoms with Crippen LogP contribution >= 0.6 is 33.9 Å². The molecule has 1 aromatic carbocycles. The molecule has 2 aromatic rings. The lowest BCUT2D eigenvalue weighted by molar-refractivity contribution is 0.102. The van der Waals surface area contributed by atoms with E-state index in [-0.39, 0.29) is 11.3 Å². The molecule has 0 saturated heterocycles. The molecule has 2 rings (SSSR count). The second-order valence-corrected chi connectivity index (χ2v) is 8.47. The van der Waals surface area contributed by atoms with Crippen LogP contribution in [0.3, 0.4) is 0 Å². The Labute approximate surface area is 143 Å². The number of hydrogen-bond donors (Lipinski definition) is 1. The molecule has 1 amide bonds. The summed E-state index contributed by atoms with van der Waals surface area (Å²) in [5.41, 5.74) is 2.99. The predicted octanol–water partition coefficient (Wildman–Crippen LogP) is 4.91. The highest BCUT2D eigenvalue weighted by Gasteiger charge is 2.23. The van der Waals surface area contributed by atoms with E-state index < -0.39 is 0 Å². The van der Waals surface area contributed by atoms with Gasteiger partial charge in [0, 0.05) is 20.2 Å². The van der Waals surface area contributed by atoms with Crippen molar-refractivity contribution in [2.75, 3.05) is 5.32 Å². The molecule has 0 spiro atoms. The van der Waals surface area contributed by atoms with E-state index in [1.807, 2.05) is 26.0 Å². The number of thiazole rings is 1. The zero-order valence-corrected chi connectivity index (χ0v) is 15.8. The van der Waals surface area contributed by atoms with Crippen LogP contribution in [-0.2, 0) is 5.41 Å². The summed E-state index contributed by atoms with van der Waals surface area (Å²) in [4.78, 5) is 17.8. The molecule has 0 aliphatic rings. The average molecular weight is 414 g/mol. The van der Waals surface area contributed by atoms with E-state index in [0.29, 0.717) is 10.7 Å². The lowest BCUT2D eigenvalue weighted by Crippen LogP contribution is -2.20. The van der Waals surface area contributed by atoms with Gasteiger partial charge < -0.3 is 0 Å². The Morgan fingerprint density at radius 1 is 1.29 bits per heavy atom. The molecule has 1 heterocycles. The zero-order chi connectivity index (χ0) is 15.8. The number of benzene rings is 1. The third kappa shape index (κ3) is 3.63. The van der Waals surface area contributed by atoms with Crippen LogP contribution < -0.4 is 5.32 Å². The fourth-order valence-corrected chi connectivity index (χ4v) is 4.48. The van der Waals surface area contributed by atoms with Gasteiger partial charge in [0.1, 0.15) is 0 Å². The van der Waals surface area contributed by atoms with E-state index in [1.165, 1.54) is 20.5 Å². The lowest BCUT2D eigenvalue weighted by Gasteiger charge is -2.24. The van der Waals surface area contributed by atoms with Crippen LogP contribution in [0.1, 0.15) is 47.1 Å². The predicted molar refractivity (Wildman–Crippen MR) is 97.4 cm³/mol. The molecule has 1 aromatic heterocycles. The van der Waals surface area contributed by atoms with Gasteiger partial charge in [0.15, 0.2) is 5.13 Å². The minimum atomic E-state index is -0.0937. The molecule has 112 valence electrons. The molecule has 0 unspecified atom stereocenters. The summed E-state index contributed by atoms with van der Waals surface area (Å²) in [7, 11) is 0. The first-order valence-electron chi connectivity index (χ1n) is 6.73. The Hall–Kier alpha value is -0.950. The maximum absolute atomic E-state index is 12.5. The largest absolute Gasteiger partial charge is 0.298 e. The molecule has 3 nitrogen and oxygen atoms in total. The summed E-state index contributed by atoms with van der Waals surface area (Å²) >= 11 is 3.82. The van der Waals surface area contributed by atoms with E-state index in [9.17, 15) is 4.79 Å². The van der Waals surface area contributed by atoms with E-state index in [4.69, 9.17) is 0 Å². The average Bonchev–Trinajstić information content (AvgIpc) is 2.72. The molecule has 1 N–H and O–H groups in total. The summed E-state index contributed by atoms with van der Waals surface area (Å²) in [5.74, 6) is -0.0937. The molecule has 0 radical (unpaired) electrons. The van der Waals surface area contributed by atoms with E-state index in [1.54, 1.807) is 6.20 Å². The van der Waals surface area contributed by atoms with E-state index >= 15 is 0 Å². The Balaban J connectivity index is 2.38. The Bertz CT molecular complexity index is 686. The van der Waals surface area contributed by atoms with Gasteiger partial charge >= 0.3 is 0 Å². The van der Waals surface area contributed by atoms with Crippen LogP contribution in [0.15, 0.2) is 18.3 Å². The maximum atomic E-state index is 12.5. The number of carbonyl (C=O) groups is 1. The number of rotatable bonds is 2. The van der Waals surface area contributed by atoms with Crippen molar-refractivity contribution in [3.8, 4) is 0 Å². The number of hydrogen-bond acceptors (Lipinski definition) is 3. The van der Waals surface area contributed by atoms with Crippen molar-refractivity contribution in [2.24, 2.45) is 0 Å². The van der Waals surface area contributed by atoms with Crippen LogP contribution in [0.4, 0.5) is 5.13 Å². The van der Waals surface area contributed by atoms with Crippen molar-refractivity contribution in [1.82, 2.24) is 4.98 Å². The minimum Gasteiger partial charge on any atom is -0.298 e. The maximum Gasteiger partial charge on any atom is 0.257 e. The standard InChI is InChI=1S/C16H19IN2OS/c1-9-8-18-15(21-9)19-14(20)11-6-7-12(17)13(10(11)2)16(3,4)5/h6-8H,1-5H3,(H,18,19,20). The van der Waals surface area contributed by atoms with Gasteiger partial charge in [0.25, 0.3) is 5.91 Å². The Morgan fingerprint density at radius 2 is 1.95 bits per heavy atom. The summed E-state index contributed by atoms with van der Waals surface area (Å²) in [5, 5.41) is 3.53. The molecule has 0 aliphatic carbocycles. The number of anilines is 1. The van der Waals surface area contributed by atoms with Crippen molar-refractivity contribution < 1.29 is 4.79 Å². The van der Waals surface area contributed by atoms with Gasteiger partial charge in [0.05, 0.1) is 0 Å². The molecule has 0 bridgehead atoms. The number of nitrogens with one attached hydrogen (secondary N) is 1. The second-order valence-electron chi connectivity index (χ2n) is 6.08. The van der Waals surface area contributed by atoms with Gasteiger partial charge in [-0.05, 0) is 65.1 Å². The number of nitrogens with zero attached hydrogens (tertiary/aromatic N) is 1. The fourth-order valence-electron chi connectivity index (χ4n) is 2.42. The van der Waals surface area contributed by atoms with Crippen molar-refractivity contribution >= 4 is 45.0 Å². The topological polar surface area (TPSA) is 42.0 Å². The highest BCUT2D eigenvalue weighted by Crippen LogP contribution is 2.32. The number of amides is 1. The molecular weight excluding hydrogens is 395 g/mol. The second kappa shape index (κ2) is 6.04. The van der Waals surface area contributed by atoms with Crippen LogP contribution in [0.25, 0.3) is 0 Å². The van der Waals surface area contributed by atoms with Gasteiger partial charge in [0.2, 0.25) is 0 Å². The van der Waals surface area contributed by atoms with Crippen LogP contribution in [0, 0.1) is 17.4 Å². The first kappa shape index (κ1) is 16.4. The number of halogens is 1. The van der Waals surface area contributed by atoms with Crippen LogP contribution in [0.2, 0.25) is 0 Å². The minimum absolute atomic E-state index is 0.00860. The molecule has 0 fully saturated rings. The lowest BCUT2D eigenvalue weighted by atomic mass is 9.82. The van der Waals surface area contributed by atoms with Gasteiger partial charge in [-0.25, -0.2) is 4.98 Å². The quantitative estimate of drug-likeness (QED) is 0.710. The van der Waals surface area contributed by atoms with Crippen molar-refractivity contribution in [2.45, 2.75) is 40.0 Å². The number of carbonyl (C=O) groups excluding carboxylic acids is 1. The first-order valence-corrected chi connectivity index (χ1v) is 8.63. The third-order valence-electron chi connectivity index (χ3n) is 3.25. The summed E-state index contributed by atoms with van der Waals surface area (Å²) in [6.07, 6.45) is 1.77. The number of aryl methyl sites for hydroxylation is 1. The Kier molecular flexibility index (Phi) is 4.72. The van der Waals surface area contributed by atoms with E-state index in [0.717, 1.165) is 10.4 Å². The summed E-state index contributed by atoms with van der Waals surface area (Å²) < 4.78 is 1.19. The van der Waals surface area contributed by atoms with Crippen molar-refractivity contribution in [1.29, 1.82) is 0 Å². The normalized spacial score (nSPS) is 11.5. The Morgan fingerprint density at radius 3 is 2.48 bits per heavy atom. The van der Waals surface area contributed by atoms with Crippen molar-refractivity contribution in [3.05, 3.63) is 43.5 Å². The van der Waals surface area contributed by atoms with Gasteiger partial charge in [-0.3, -0.25) is 10.1 Å². The van der Waals surface area contributed by atoms with Crippen LogP contribution in [-0.4, -0.2) is 10.9 Å². The fraction of sp³-hybridized carbons (Fsp3) is 0.375. The summed E-state index contributed by atoms with van der Waals surface area (Å²) in [6.45, 7) is 10.5. The summed E-state index contributed by atoms with van der Waals surface area (Å²) in [6, 6.07) is 3.90. The van der Waals surface area contributed by atoms with Gasteiger partial charge in [-0.1, -0.05) is 20.8 Å². The molecule has 0 saturated carbocycles. The molecule has 5 heteroatoms. The first-order chi connectivity index (χ1) is 9.70. The SMILES string of the molecule is Cc1cnc(NC(=O)c2ccc(I)c(C(C)(C)C)c2C)s1. The molecule has 21 heavy (non-hydrogen) atoms. The zero-order valence-electron chi connectivity index (χ0n) is 12.9. The highest BCUT2D eigenvalue weighted by atomic mass is 127. The van der Waals surface area contributed by atoms with Crippen LogP contribution in [0.5, 0.6) is 0 Å². The highest BCUT2D eigenvalue weighted by molar-refractivity contribution is 14.1. The van der Waals surface area contributed by atoms with Gasteiger partial charge in [-0.2, -0.15) is 0 Å². The molecule has 0 aliphatic heterocycles. The van der Waals surface area contributed by atoms with E-state index in [2.05, 4.69) is 53.7 Å². The third-order valence-corrected chi connectivity index (χ3v) is 4.98. The molecule has 0 atom stereocenters. The monoisotopic (exact) mass is 414 g/mol. The number of aromatic nitrogens is 1. The van der Waals surface area contributed by atoms with Crippen molar-refractivity contribution in [3.63, 3.8) is 0 Å². The van der Waals surface area contributed by atoms with Gasteiger partial charge in [-0.15, -0.1) is 11.3 Å². The molecular formula is C16H19IN2OS. The smallest absolute Gasteiger partial charge is 0.257 e.